The highest BCUT2D eigenvalue weighted by Gasteiger charge is 2.45. The van der Waals surface area contributed by atoms with E-state index in [1.807, 2.05) is 86.8 Å². The van der Waals surface area contributed by atoms with Gasteiger partial charge in [-0.3, -0.25) is 24.0 Å². The van der Waals surface area contributed by atoms with Crippen molar-refractivity contribution in [3.05, 3.63) is 77.3 Å². The van der Waals surface area contributed by atoms with Gasteiger partial charge in [0.15, 0.2) is 0 Å². The third-order valence-electron chi connectivity index (χ3n) is 14.9. The Labute approximate surface area is 424 Å². The summed E-state index contributed by atoms with van der Waals surface area (Å²) < 4.78 is 2.16. The molecule has 5 amide bonds. The fourth-order valence-corrected chi connectivity index (χ4v) is 11.6. The molecule has 7 heterocycles. The van der Waals surface area contributed by atoms with Crippen LogP contribution in [-0.2, 0) is 31.3 Å². The first kappa shape index (κ1) is 50.5. The molecule has 9 rings (SSSR count). The average Bonchev–Trinajstić information content (AvgIpc) is 4.12. The number of thiazole rings is 1. The van der Waals surface area contributed by atoms with Crippen LogP contribution in [0.5, 0.6) is 0 Å². The van der Waals surface area contributed by atoms with E-state index < -0.39 is 23.6 Å². The van der Waals surface area contributed by atoms with Crippen LogP contribution in [0.1, 0.15) is 120 Å². The predicted octanol–water partition coefficient (Wildman–Crippen LogP) is 6.20. The number of pyridine rings is 1. The molecule has 0 bridgehead atoms. The molecule has 382 valence electrons. The van der Waals surface area contributed by atoms with Crippen LogP contribution < -0.4 is 26.2 Å². The van der Waals surface area contributed by atoms with E-state index in [9.17, 15) is 29.1 Å². The molecule has 2 saturated heterocycles. The van der Waals surface area contributed by atoms with E-state index >= 15 is 0 Å². The number of aliphatic hydroxyl groups excluding tert-OH is 1. The number of aromatic nitrogens is 5. The summed E-state index contributed by atoms with van der Waals surface area (Å²) in [5.74, 6) is 0.105. The number of nitrogens with one attached hydrogen (secondary N) is 4. The average molecular weight is 1000 g/mol. The Kier molecular flexibility index (Phi) is 15.2. The number of carbonyl (C=O) groups excluding carboxylic acids is 5. The number of amides is 5. The number of carbonyl (C=O) groups is 5. The van der Waals surface area contributed by atoms with Gasteiger partial charge in [0.2, 0.25) is 29.6 Å². The van der Waals surface area contributed by atoms with Gasteiger partial charge in [-0.2, -0.15) is 4.98 Å². The first-order valence-corrected chi connectivity index (χ1v) is 26.5. The quantitative estimate of drug-likeness (QED) is 0.0698. The Bertz CT molecular complexity index is 2760. The summed E-state index contributed by atoms with van der Waals surface area (Å²) in [5, 5.41) is 23.7. The summed E-state index contributed by atoms with van der Waals surface area (Å²) in [4.78, 5) is 92.0. The van der Waals surface area contributed by atoms with E-state index in [4.69, 9.17) is 4.98 Å². The lowest BCUT2D eigenvalue weighted by Crippen LogP contribution is -2.57. The molecule has 1 aromatic carbocycles. The van der Waals surface area contributed by atoms with Gasteiger partial charge < -0.3 is 45.6 Å². The van der Waals surface area contributed by atoms with Crippen molar-refractivity contribution in [3.63, 3.8) is 0 Å². The van der Waals surface area contributed by atoms with Crippen molar-refractivity contribution in [1.82, 2.24) is 50.3 Å². The Morgan fingerprint density at radius 2 is 1.67 bits per heavy atom. The largest absolute Gasteiger partial charge is 0.391 e. The van der Waals surface area contributed by atoms with E-state index in [0.29, 0.717) is 63.0 Å². The van der Waals surface area contributed by atoms with E-state index in [2.05, 4.69) is 45.7 Å². The third-order valence-corrected chi connectivity index (χ3v) is 15.8. The number of likely N-dealkylation sites (tertiary alicyclic amines) is 1. The number of β-amino-alcohol motifs (C(OH)–C–C–N with tert-alkyl or cyclic N) is 1. The number of hydrogen-bond acceptors (Lipinski definition) is 13. The second-order valence-corrected chi connectivity index (χ2v) is 21.9. The van der Waals surface area contributed by atoms with Gasteiger partial charge in [-0.25, -0.2) is 15.0 Å². The first-order chi connectivity index (χ1) is 34.7. The molecular formula is C53H68N12O6S. The van der Waals surface area contributed by atoms with E-state index in [-0.39, 0.29) is 61.0 Å². The molecule has 4 aliphatic rings. The molecule has 5 aromatic rings. The first-order valence-electron chi connectivity index (χ1n) is 25.6. The summed E-state index contributed by atoms with van der Waals surface area (Å²) >= 11 is 1.58. The van der Waals surface area contributed by atoms with Crippen LogP contribution in [0, 0.1) is 12.3 Å². The van der Waals surface area contributed by atoms with Crippen LogP contribution in [0.4, 0.5) is 17.5 Å². The maximum absolute atomic E-state index is 14.1. The highest BCUT2D eigenvalue weighted by atomic mass is 32.1. The van der Waals surface area contributed by atoms with Gasteiger partial charge in [0.05, 0.1) is 39.6 Å². The van der Waals surface area contributed by atoms with Crippen LogP contribution in [0.15, 0.2) is 60.4 Å². The molecule has 3 fully saturated rings. The normalized spacial score (nSPS) is 19.2. The number of unbranched alkanes of at least 4 members (excludes halogenated alkanes) is 3. The van der Waals surface area contributed by atoms with Gasteiger partial charge in [0.25, 0.3) is 5.91 Å². The third kappa shape index (κ3) is 11.3. The number of fused-ring (bicyclic) bond motifs is 4. The van der Waals surface area contributed by atoms with Crippen molar-refractivity contribution < 1.29 is 29.1 Å². The molecule has 3 atom stereocenters. The van der Waals surface area contributed by atoms with Crippen molar-refractivity contribution in [2.75, 3.05) is 49.5 Å². The summed E-state index contributed by atoms with van der Waals surface area (Å²) in [6.07, 6.45) is 11.9. The minimum Gasteiger partial charge on any atom is -0.391 e. The highest BCUT2D eigenvalue weighted by molar-refractivity contribution is 7.13. The van der Waals surface area contributed by atoms with Crippen molar-refractivity contribution >= 4 is 69.4 Å². The monoisotopic (exact) mass is 1000 g/mol. The molecule has 4 aromatic heterocycles. The van der Waals surface area contributed by atoms with Crippen LogP contribution >= 0.6 is 11.3 Å². The molecule has 1 aliphatic carbocycles. The fourth-order valence-electron chi connectivity index (χ4n) is 10.8. The van der Waals surface area contributed by atoms with Crippen LogP contribution in [0.2, 0.25) is 0 Å². The van der Waals surface area contributed by atoms with Crippen LogP contribution in [0.3, 0.4) is 0 Å². The van der Waals surface area contributed by atoms with E-state index in [1.165, 1.54) is 11.3 Å². The molecule has 18 nitrogen and oxygen atoms in total. The topological polar surface area (TPSA) is 220 Å². The van der Waals surface area contributed by atoms with Gasteiger partial charge in [0, 0.05) is 76.7 Å². The Hall–Kier alpha value is -6.47. The van der Waals surface area contributed by atoms with Crippen molar-refractivity contribution in [2.24, 2.45) is 5.41 Å². The molecule has 1 spiro atoms. The lowest BCUT2D eigenvalue weighted by Gasteiger charge is -2.42. The van der Waals surface area contributed by atoms with Gasteiger partial charge in [-0.1, -0.05) is 77.1 Å². The minimum absolute atomic E-state index is 0.0115. The number of aryl methyl sites for hydroxylation is 1. The Balaban J connectivity index is 0.680. The lowest BCUT2D eigenvalue weighted by atomic mass is 9.80. The highest BCUT2D eigenvalue weighted by Crippen LogP contribution is 2.40. The predicted molar refractivity (Wildman–Crippen MR) is 277 cm³/mol. The van der Waals surface area contributed by atoms with Crippen molar-refractivity contribution in [2.45, 2.75) is 135 Å². The van der Waals surface area contributed by atoms with Crippen molar-refractivity contribution in [1.29, 1.82) is 0 Å². The van der Waals surface area contributed by atoms with E-state index in [0.717, 1.165) is 83.4 Å². The summed E-state index contributed by atoms with van der Waals surface area (Å²) in [7, 11) is 0. The molecule has 19 heteroatoms. The van der Waals surface area contributed by atoms with Gasteiger partial charge in [0.1, 0.15) is 29.2 Å². The lowest BCUT2D eigenvalue weighted by molar-refractivity contribution is -0.144. The second-order valence-electron chi connectivity index (χ2n) is 21.1. The second kappa shape index (κ2) is 21.7. The number of benzene rings is 1. The van der Waals surface area contributed by atoms with Crippen LogP contribution in [0.25, 0.3) is 21.5 Å². The summed E-state index contributed by atoms with van der Waals surface area (Å²) in [6.45, 7) is 11.1. The van der Waals surface area contributed by atoms with Crippen LogP contribution in [-0.4, -0.2) is 126 Å². The van der Waals surface area contributed by atoms with E-state index in [1.54, 1.807) is 17.5 Å². The van der Waals surface area contributed by atoms with Crippen molar-refractivity contribution in [3.8, 4) is 10.4 Å². The Morgan fingerprint density at radius 1 is 0.917 bits per heavy atom. The number of aliphatic hydroxyl groups is 1. The zero-order valence-electron chi connectivity index (χ0n) is 41.9. The zero-order chi connectivity index (χ0) is 50.6. The Morgan fingerprint density at radius 3 is 2.36 bits per heavy atom. The molecule has 5 N–H and O–H groups in total. The standard InChI is InChI=1S/C53H68N12O6S/c1-34-45(72-33-58-34)36-16-14-35(15-17-36)28-55-48(69)40-27-39(66)31-64(40)50(71)46(52(2,3)4)60-43(67)12-8-5-6-9-13-44(68)63-24-22-62(23-25-63)38-18-19-42(54-30-38)59-51-56-29-37-26-41-49(70)57-32-53(20-10-7-11-21-53)65(41)47(37)61-51/h14-19,26,29-30,33,39-40,46,66H,5-13,20-25,27-28,31-32H2,1-4H3,(H,55,69)(H,57,70)(H,60,67)(H,54,56,59,61)/t39-,40+,46-/m1/s1. The number of rotatable bonds is 16. The SMILES string of the molecule is Cc1ncsc1-c1ccc(CNC(=O)[C@@H]2C[C@@H](O)CN2C(=O)[C@@H](NC(=O)CCCCCCC(=O)N2CCN(c3ccc(Nc4ncc5cc6n(c5n4)C4(CCCCC4)CNC6=O)nc3)CC2)C(C)(C)C)cc1. The van der Waals surface area contributed by atoms with Gasteiger partial charge >= 0.3 is 0 Å². The van der Waals surface area contributed by atoms with Gasteiger partial charge in [-0.15, -0.1) is 11.3 Å². The number of hydrogen-bond donors (Lipinski definition) is 5. The molecule has 1 saturated carbocycles. The maximum atomic E-state index is 14.1. The minimum atomic E-state index is -0.890. The van der Waals surface area contributed by atoms with Gasteiger partial charge in [-0.05, 0) is 67.3 Å². The smallest absolute Gasteiger partial charge is 0.268 e. The molecule has 0 radical (unpaired) electrons. The molecule has 0 unspecified atom stereocenters. The fraction of sp³-hybridized carbons (Fsp3) is 0.528. The molecule has 3 aliphatic heterocycles. The molecular weight excluding hydrogens is 933 g/mol. The number of piperazine rings is 1. The maximum Gasteiger partial charge on any atom is 0.268 e. The number of nitrogens with zero attached hydrogens (tertiary/aromatic N) is 8. The summed E-state index contributed by atoms with van der Waals surface area (Å²) in [5.41, 5.74) is 6.31. The zero-order valence-corrected chi connectivity index (χ0v) is 42.7. The number of anilines is 3. The summed E-state index contributed by atoms with van der Waals surface area (Å²) in [6, 6.07) is 12.0. The molecule has 72 heavy (non-hydrogen) atoms.